The molecule has 1 aromatic carbocycles. The van der Waals surface area contributed by atoms with Crippen LogP contribution in [0.2, 0.25) is 0 Å². The van der Waals surface area contributed by atoms with E-state index in [1.807, 2.05) is 0 Å². The van der Waals surface area contributed by atoms with Gasteiger partial charge in [-0.15, -0.1) is 11.6 Å². The molecule has 0 aliphatic carbocycles. The summed E-state index contributed by atoms with van der Waals surface area (Å²) >= 11 is 6.35. The van der Waals surface area contributed by atoms with Crippen LogP contribution < -0.4 is 0 Å². The van der Waals surface area contributed by atoms with Crippen molar-refractivity contribution in [3.05, 3.63) is 35.6 Å². The van der Waals surface area contributed by atoms with Crippen molar-refractivity contribution in [2.24, 2.45) is 5.92 Å². The van der Waals surface area contributed by atoms with Crippen molar-refractivity contribution in [1.29, 1.82) is 0 Å². The molecule has 0 saturated carbocycles. The van der Waals surface area contributed by atoms with Gasteiger partial charge in [-0.25, -0.2) is 4.39 Å². The molecule has 3 heteroatoms. The third kappa shape index (κ3) is 2.96. The van der Waals surface area contributed by atoms with Gasteiger partial charge in [0.15, 0.2) is 0 Å². The van der Waals surface area contributed by atoms with E-state index < -0.39 is 0 Å². The first kappa shape index (κ1) is 11.9. The number of ether oxygens (including phenoxy) is 1. The number of hydrogen-bond donors (Lipinski definition) is 0. The first-order valence-electron chi connectivity index (χ1n) is 5.65. The summed E-state index contributed by atoms with van der Waals surface area (Å²) < 4.78 is 18.2. The average molecular weight is 243 g/mol. The molecule has 1 aliphatic heterocycles. The summed E-state index contributed by atoms with van der Waals surface area (Å²) in [4.78, 5) is 0. The lowest BCUT2D eigenvalue weighted by molar-refractivity contribution is 0.120. The number of benzene rings is 1. The molecule has 3 unspecified atom stereocenters. The van der Waals surface area contributed by atoms with E-state index in [9.17, 15) is 4.39 Å². The van der Waals surface area contributed by atoms with Crippen molar-refractivity contribution >= 4 is 11.6 Å². The maximum atomic E-state index is 12.7. The molecular formula is C13H16ClFO. The van der Waals surface area contributed by atoms with Gasteiger partial charge in [0.1, 0.15) is 5.82 Å². The van der Waals surface area contributed by atoms with Crippen LogP contribution >= 0.6 is 11.6 Å². The van der Waals surface area contributed by atoms with E-state index >= 15 is 0 Å². The fourth-order valence-electron chi connectivity index (χ4n) is 2.11. The summed E-state index contributed by atoms with van der Waals surface area (Å²) in [5, 5.41) is 0.0791. The standard InChI is InChI=1S/C13H16ClFO/c1-9-6-11(8-16-9)13(14)7-10-2-4-12(15)5-3-10/h2-5,9,11,13H,6-8H2,1H3. The fraction of sp³-hybridized carbons (Fsp3) is 0.538. The molecule has 16 heavy (non-hydrogen) atoms. The number of alkyl halides is 1. The van der Waals surface area contributed by atoms with E-state index in [2.05, 4.69) is 6.92 Å². The van der Waals surface area contributed by atoms with Crippen LogP contribution in [0.3, 0.4) is 0 Å². The zero-order valence-corrected chi connectivity index (χ0v) is 10.1. The first-order valence-corrected chi connectivity index (χ1v) is 6.09. The van der Waals surface area contributed by atoms with E-state index in [1.165, 1.54) is 12.1 Å². The molecule has 88 valence electrons. The largest absolute Gasteiger partial charge is 0.378 e. The van der Waals surface area contributed by atoms with Crippen molar-refractivity contribution in [2.75, 3.05) is 6.61 Å². The zero-order chi connectivity index (χ0) is 11.5. The minimum Gasteiger partial charge on any atom is -0.378 e. The summed E-state index contributed by atoms with van der Waals surface area (Å²) in [6.45, 7) is 2.82. The highest BCUT2D eigenvalue weighted by Gasteiger charge is 2.28. The monoisotopic (exact) mass is 242 g/mol. The lowest BCUT2D eigenvalue weighted by Crippen LogP contribution is -2.17. The van der Waals surface area contributed by atoms with Gasteiger partial charge in [-0.1, -0.05) is 12.1 Å². The maximum absolute atomic E-state index is 12.7. The second-order valence-corrected chi connectivity index (χ2v) is 5.05. The third-order valence-corrected chi connectivity index (χ3v) is 3.60. The predicted molar refractivity (Wildman–Crippen MR) is 63.3 cm³/mol. The van der Waals surface area contributed by atoms with Crippen LogP contribution in [0.4, 0.5) is 4.39 Å². The van der Waals surface area contributed by atoms with Crippen molar-refractivity contribution in [3.8, 4) is 0 Å². The Balaban J connectivity index is 1.91. The van der Waals surface area contributed by atoms with E-state index in [-0.39, 0.29) is 11.2 Å². The molecule has 0 spiro atoms. The predicted octanol–water partition coefficient (Wildman–Crippen LogP) is 3.40. The fourth-order valence-corrected chi connectivity index (χ4v) is 2.47. The molecule has 0 amide bonds. The van der Waals surface area contributed by atoms with Gasteiger partial charge in [-0.05, 0) is 37.5 Å². The number of rotatable bonds is 3. The quantitative estimate of drug-likeness (QED) is 0.739. The van der Waals surface area contributed by atoms with Crippen LogP contribution in [0.5, 0.6) is 0 Å². The summed E-state index contributed by atoms with van der Waals surface area (Å²) in [6.07, 6.45) is 2.12. The highest BCUT2D eigenvalue weighted by molar-refractivity contribution is 6.20. The summed E-state index contributed by atoms with van der Waals surface area (Å²) in [7, 11) is 0. The Morgan fingerprint density at radius 1 is 1.44 bits per heavy atom. The molecular weight excluding hydrogens is 227 g/mol. The Bertz CT molecular complexity index is 338. The molecule has 1 fully saturated rings. The molecule has 0 bridgehead atoms. The van der Waals surface area contributed by atoms with Crippen LogP contribution in [0.25, 0.3) is 0 Å². The van der Waals surface area contributed by atoms with Crippen molar-refractivity contribution in [2.45, 2.75) is 31.2 Å². The SMILES string of the molecule is CC1CC(C(Cl)Cc2ccc(F)cc2)CO1. The van der Waals surface area contributed by atoms with E-state index in [1.54, 1.807) is 12.1 Å². The van der Waals surface area contributed by atoms with Crippen molar-refractivity contribution in [1.82, 2.24) is 0 Å². The van der Waals surface area contributed by atoms with Crippen LogP contribution in [-0.4, -0.2) is 18.1 Å². The summed E-state index contributed by atoms with van der Waals surface area (Å²) in [6, 6.07) is 6.55. The lowest BCUT2D eigenvalue weighted by atomic mass is 9.96. The number of halogens is 2. The van der Waals surface area contributed by atoms with Gasteiger partial charge in [0.25, 0.3) is 0 Å². The normalized spacial score (nSPS) is 26.9. The summed E-state index contributed by atoms with van der Waals surface area (Å²) in [5.74, 6) is 0.217. The molecule has 2 rings (SSSR count). The Morgan fingerprint density at radius 3 is 2.69 bits per heavy atom. The van der Waals surface area contributed by atoms with Gasteiger partial charge in [0, 0.05) is 11.3 Å². The summed E-state index contributed by atoms with van der Waals surface area (Å²) in [5.41, 5.74) is 1.08. The molecule has 1 saturated heterocycles. The zero-order valence-electron chi connectivity index (χ0n) is 9.33. The molecule has 1 aliphatic rings. The van der Waals surface area contributed by atoms with Crippen LogP contribution in [0.1, 0.15) is 18.9 Å². The highest BCUT2D eigenvalue weighted by Crippen LogP contribution is 2.27. The average Bonchev–Trinajstić information content (AvgIpc) is 2.68. The second kappa shape index (κ2) is 5.15. The van der Waals surface area contributed by atoms with Crippen LogP contribution in [-0.2, 0) is 11.2 Å². The minimum absolute atomic E-state index is 0.0791. The van der Waals surface area contributed by atoms with E-state index in [4.69, 9.17) is 16.3 Å². The lowest BCUT2D eigenvalue weighted by Gasteiger charge is -2.15. The molecule has 1 nitrogen and oxygen atoms in total. The molecule has 0 N–H and O–H groups in total. The maximum Gasteiger partial charge on any atom is 0.123 e. The molecule has 0 radical (unpaired) electrons. The Hall–Kier alpha value is -0.600. The Morgan fingerprint density at radius 2 is 2.12 bits per heavy atom. The van der Waals surface area contributed by atoms with Gasteiger partial charge in [-0.3, -0.25) is 0 Å². The third-order valence-electron chi connectivity index (χ3n) is 3.08. The van der Waals surface area contributed by atoms with Gasteiger partial charge < -0.3 is 4.74 Å². The number of hydrogen-bond acceptors (Lipinski definition) is 1. The topological polar surface area (TPSA) is 9.23 Å². The smallest absolute Gasteiger partial charge is 0.123 e. The minimum atomic E-state index is -0.201. The van der Waals surface area contributed by atoms with Crippen molar-refractivity contribution in [3.63, 3.8) is 0 Å². The molecule has 1 heterocycles. The van der Waals surface area contributed by atoms with Crippen LogP contribution in [0, 0.1) is 11.7 Å². The first-order chi connectivity index (χ1) is 7.65. The van der Waals surface area contributed by atoms with Gasteiger partial charge in [0.05, 0.1) is 12.7 Å². The molecule has 3 atom stereocenters. The molecule has 1 aromatic rings. The Kier molecular flexibility index (Phi) is 3.82. The van der Waals surface area contributed by atoms with Crippen molar-refractivity contribution < 1.29 is 9.13 Å². The van der Waals surface area contributed by atoms with Gasteiger partial charge in [0.2, 0.25) is 0 Å². The Labute approximate surface area is 101 Å². The van der Waals surface area contributed by atoms with Gasteiger partial charge >= 0.3 is 0 Å². The van der Waals surface area contributed by atoms with Gasteiger partial charge in [-0.2, -0.15) is 0 Å². The van der Waals surface area contributed by atoms with Crippen LogP contribution in [0.15, 0.2) is 24.3 Å². The van der Waals surface area contributed by atoms with E-state index in [0.29, 0.717) is 12.0 Å². The van der Waals surface area contributed by atoms with E-state index in [0.717, 1.165) is 25.0 Å². The second-order valence-electron chi connectivity index (χ2n) is 4.49. The highest BCUT2D eigenvalue weighted by atomic mass is 35.5. The molecule has 0 aromatic heterocycles.